The molecule has 2 aromatic carbocycles. The van der Waals surface area contributed by atoms with Crippen molar-refractivity contribution in [1.29, 1.82) is 0 Å². The molecule has 204 valence electrons. The molecular formula is C33H40N4O2. The number of hydrogen-bond acceptors (Lipinski definition) is 4. The number of carbonyl (C=O) groups excluding carboxylic acids is 2. The van der Waals surface area contributed by atoms with Crippen molar-refractivity contribution in [2.45, 2.75) is 44.6 Å². The highest BCUT2D eigenvalue weighted by Crippen LogP contribution is 2.32. The van der Waals surface area contributed by atoms with Crippen LogP contribution in [-0.4, -0.2) is 47.9 Å². The van der Waals surface area contributed by atoms with Gasteiger partial charge in [0.2, 0.25) is 11.8 Å². The lowest BCUT2D eigenvalue weighted by Crippen LogP contribution is -2.44. The lowest BCUT2D eigenvalue weighted by Gasteiger charge is -2.38. The fraction of sp³-hybridized carbons (Fsp3) is 0.364. The maximum absolute atomic E-state index is 13.0. The molecule has 1 fully saturated rings. The number of likely N-dealkylation sites (tertiary alicyclic amines) is 1. The van der Waals surface area contributed by atoms with Gasteiger partial charge in [0.05, 0.1) is 12.0 Å². The molecule has 2 amide bonds. The van der Waals surface area contributed by atoms with Gasteiger partial charge in [-0.05, 0) is 61.1 Å². The van der Waals surface area contributed by atoms with Gasteiger partial charge in [0.1, 0.15) is 0 Å². The van der Waals surface area contributed by atoms with Crippen LogP contribution in [0.5, 0.6) is 0 Å². The Kier molecular flexibility index (Phi) is 11.3. The van der Waals surface area contributed by atoms with Gasteiger partial charge in [-0.2, -0.15) is 0 Å². The van der Waals surface area contributed by atoms with Crippen molar-refractivity contribution in [3.05, 3.63) is 108 Å². The van der Waals surface area contributed by atoms with Gasteiger partial charge in [0.25, 0.3) is 0 Å². The zero-order valence-electron chi connectivity index (χ0n) is 22.7. The second-order valence-electron chi connectivity index (χ2n) is 10.2. The highest BCUT2D eigenvalue weighted by atomic mass is 16.2. The Balaban J connectivity index is 1.14. The van der Waals surface area contributed by atoms with Crippen molar-refractivity contribution in [1.82, 2.24) is 20.5 Å². The van der Waals surface area contributed by atoms with Crippen molar-refractivity contribution in [2.75, 3.05) is 26.2 Å². The standard InChI is InChI=1S/C33H40N4O2/c38-31(20-19-27-13-11-21-34-25-27)35-22-9-1-2-10-23-36-33(39)30-18-12-24-37(26-30)32(28-14-5-3-6-15-28)29-16-7-4-8-17-29/h3-8,11,13-17,19-21,25,30,32H,1-2,9-10,12,18,22-24,26H2,(H,35,38)(H,36,39)/b20-19-. The number of nitrogens with one attached hydrogen (secondary N) is 2. The third-order valence-corrected chi connectivity index (χ3v) is 7.23. The number of aromatic nitrogens is 1. The van der Waals surface area contributed by atoms with E-state index >= 15 is 0 Å². The molecule has 1 atom stereocenters. The van der Waals surface area contributed by atoms with E-state index in [1.807, 2.05) is 12.1 Å². The van der Waals surface area contributed by atoms with Crippen LogP contribution in [0.25, 0.3) is 6.08 Å². The zero-order valence-corrected chi connectivity index (χ0v) is 22.7. The Hall–Kier alpha value is -3.77. The molecule has 39 heavy (non-hydrogen) atoms. The monoisotopic (exact) mass is 524 g/mol. The van der Waals surface area contributed by atoms with Crippen molar-refractivity contribution in [3.8, 4) is 0 Å². The first kappa shape index (κ1) is 28.2. The molecule has 1 aliphatic rings. The summed E-state index contributed by atoms with van der Waals surface area (Å²) in [5.41, 5.74) is 3.44. The van der Waals surface area contributed by atoms with Gasteiger partial charge >= 0.3 is 0 Å². The van der Waals surface area contributed by atoms with E-state index in [-0.39, 0.29) is 23.8 Å². The van der Waals surface area contributed by atoms with Gasteiger partial charge in [-0.25, -0.2) is 0 Å². The number of nitrogens with zero attached hydrogens (tertiary/aromatic N) is 2. The normalized spacial score (nSPS) is 15.9. The van der Waals surface area contributed by atoms with Crippen molar-refractivity contribution < 1.29 is 9.59 Å². The number of rotatable bonds is 13. The lowest BCUT2D eigenvalue weighted by atomic mass is 9.91. The first-order valence-electron chi connectivity index (χ1n) is 14.2. The van der Waals surface area contributed by atoms with Crippen LogP contribution in [0, 0.1) is 5.92 Å². The van der Waals surface area contributed by atoms with E-state index in [2.05, 4.69) is 81.2 Å². The Bertz CT molecular complexity index is 1130. The predicted molar refractivity (Wildman–Crippen MR) is 157 cm³/mol. The van der Waals surface area contributed by atoms with E-state index in [4.69, 9.17) is 0 Å². The second kappa shape index (κ2) is 15.6. The minimum Gasteiger partial charge on any atom is -0.356 e. The SMILES string of the molecule is O=C(/C=C\c1cccnc1)NCCCCCCNC(=O)C1CCCN(C(c2ccccc2)c2ccccc2)C1. The maximum Gasteiger partial charge on any atom is 0.243 e. The van der Waals surface area contributed by atoms with E-state index < -0.39 is 0 Å². The molecule has 1 unspecified atom stereocenters. The van der Waals surface area contributed by atoms with E-state index in [1.165, 1.54) is 11.1 Å². The molecule has 2 heterocycles. The first-order chi connectivity index (χ1) is 19.2. The number of amides is 2. The molecule has 0 bridgehead atoms. The summed E-state index contributed by atoms with van der Waals surface area (Å²) in [6.45, 7) is 3.13. The fourth-order valence-electron chi connectivity index (χ4n) is 5.22. The molecule has 0 aliphatic carbocycles. The largest absolute Gasteiger partial charge is 0.356 e. The van der Waals surface area contributed by atoms with Crippen molar-refractivity contribution >= 4 is 17.9 Å². The number of carbonyl (C=O) groups is 2. The number of benzene rings is 2. The van der Waals surface area contributed by atoms with Crippen LogP contribution in [0.3, 0.4) is 0 Å². The number of pyridine rings is 1. The van der Waals surface area contributed by atoms with Crippen LogP contribution in [0.15, 0.2) is 91.3 Å². The minimum absolute atomic E-state index is 0.0172. The molecule has 0 saturated carbocycles. The van der Waals surface area contributed by atoms with Gasteiger partial charge in [0.15, 0.2) is 0 Å². The second-order valence-corrected chi connectivity index (χ2v) is 10.2. The van der Waals surface area contributed by atoms with Gasteiger partial charge in [-0.3, -0.25) is 19.5 Å². The number of hydrogen-bond donors (Lipinski definition) is 2. The van der Waals surface area contributed by atoms with E-state index in [1.54, 1.807) is 24.5 Å². The summed E-state index contributed by atoms with van der Waals surface area (Å²) < 4.78 is 0. The highest BCUT2D eigenvalue weighted by molar-refractivity contribution is 5.91. The quantitative estimate of drug-likeness (QED) is 0.232. The van der Waals surface area contributed by atoms with E-state index in [9.17, 15) is 9.59 Å². The smallest absolute Gasteiger partial charge is 0.243 e. The van der Waals surface area contributed by atoms with Crippen molar-refractivity contribution in [2.24, 2.45) is 5.92 Å². The molecular weight excluding hydrogens is 484 g/mol. The minimum atomic E-state index is -0.0885. The summed E-state index contributed by atoms with van der Waals surface area (Å²) in [6.07, 6.45) is 12.6. The third-order valence-electron chi connectivity index (χ3n) is 7.23. The summed E-state index contributed by atoms with van der Waals surface area (Å²) in [7, 11) is 0. The average molecular weight is 525 g/mol. The highest BCUT2D eigenvalue weighted by Gasteiger charge is 2.31. The molecule has 1 aliphatic heterocycles. The van der Waals surface area contributed by atoms with E-state index in [0.717, 1.165) is 57.2 Å². The molecule has 6 heteroatoms. The summed E-state index contributed by atoms with van der Waals surface area (Å²) >= 11 is 0. The topological polar surface area (TPSA) is 74.3 Å². The third kappa shape index (κ3) is 9.18. The van der Waals surface area contributed by atoms with Crippen molar-refractivity contribution in [3.63, 3.8) is 0 Å². The van der Waals surface area contributed by atoms with Crippen LogP contribution in [0.2, 0.25) is 0 Å². The molecule has 6 nitrogen and oxygen atoms in total. The average Bonchev–Trinajstić information content (AvgIpc) is 2.99. The van der Waals surface area contributed by atoms with Gasteiger partial charge in [-0.15, -0.1) is 0 Å². The lowest BCUT2D eigenvalue weighted by molar-refractivity contribution is -0.127. The van der Waals surface area contributed by atoms with Crippen LogP contribution >= 0.6 is 0 Å². The molecule has 1 saturated heterocycles. The summed E-state index contributed by atoms with van der Waals surface area (Å²) in [5, 5.41) is 6.10. The Morgan fingerprint density at radius 2 is 1.54 bits per heavy atom. The summed E-state index contributed by atoms with van der Waals surface area (Å²) in [6, 6.07) is 25.1. The van der Waals surface area contributed by atoms with Gasteiger partial charge < -0.3 is 10.6 Å². The van der Waals surface area contributed by atoms with Crippen LogP contribution in [-0.2, 0) is 9.59 Å². The molecule has 0 radical (unpaired) electrons. The number of piperidine rings is 1. The Morgan fingerprint density at radius 3 is 2.18 bits per heavy atom. The van der Waals surface area contributed by atoms with Gasteiger partial charge in [0, 0.05) is 38.1 Å². The summed E-state index contributed by atoms with van der Waals surface area (Å²) in [4.78, 5) is 31.5. The molecule has 3 aromatic rings. The maximum atomic E-state index is 13.0. The predicted octanol–water partition coefficient (Wildman–Crippen LogP) is 5.39. The van der Waals surface area contributed by atoms with Crippen LogP contribution in [0.4, 0.5) is 0 Å². The fourth-order valence-corrected chi connectivity index (χ4v) is 5.22. The first-order valence-corrected chi connectivity index (χ1v) is 14.2. The molecule has 1 aromatic heterocycles. The van der Waals surface area contributed by atoms with Gasteiger partial charge in [-0.1, -0.05) is 79.6 Å². The zero-order chi connectivity index (χ0) is 27.1. The van der Waals surface area contributed by atoms with E-state index in [0.29, 0.717) is 13.1 Å². The molecule has 0 spiro atoms. The number of unbranched alkanes of at least 4 members (excludes halogenated alkanes) is 3. The van der Waals surface area contributed by atoms with Crippen LogP contribution in [0.1, 0.15) is 61.3 Å². The Labute approximate surface area is 232 Å². The molecule has 4 rings (SSSR count). The van der Waals surface area contributed by atoms with Crippen LogP contribution < -0.4 is 10.6 Å². The summed E-state index contributed by atoms with van der Waals surface area (Å²) in [5.74, 6) is 0.102. The Morgan fingerprint density at radius 1 is 0.872 bits per heavy atom. The molecule has 2 N–H and O–H groups in total.